The Balaban J connectivity index is 1.82. The standard InChI is InChI=1S/C19H21N3O4S2/c1-12(2)22-16-10-7-14(11-17(16)27-19(22)24)20-18(23)13-5-8-15(9-6-13)21(3)28(4,25)26/h5-12H,1-4H3,(H,20,23). The first-order valence-corrected chi connectivity index (χ1v) is 11.2. The average Bonchev–Trinajstić information content (AvgIpc) is 2.95. The molecule has 0 radical (unpaired) electrons. The van der Waals surface area contributed by atoms with Crippen molar-refractivity contribution in [3.63, 3.8) is 0 Å². The molecule has 0 aliphatic rings. The fourth-order valence-electron chi connectivity index (χ4n) is 2.82. The number of benzene rings is 2. The highest BCUT2D eigenvalue weighted by Gasteiger charge is 2.14. The molecular formula is C19H21N3O4S2. The lowest BCUT2D eigenvalue weighted by Crippen LogP contribution is -2.24. The first-order valence-electron chi connectivity index (χ1n) is 8.58. The van der Waals surface area contributed by atoms with Crippen LogP contribution in [0.1, 0.15) is 30.2 Å². The monoisotopic (exact) mass is 419 g/mol. The fraction of sp³-hybridized carbons (Fsp3) is 0.263. The van der Waals surface area contributed by atoms with Crippen LogP contribution < -0.4 is 14.5 Å². The van der Waals surface area contributed by atoms with Gasteiger partial charge < -0.3 is 5.32 Å². The van der Waals surface area contributed by atoms with Crippen LogP contribution in [0.5, 0.6) is 0 Å². The molecule has 0 unspecified atom stereocenters. The van der Waals surface area contributed by atoms with E-state index in [9.17, 15) is 18.0 Å². The molecule has 0 fully saturated rings. The van der Waals surface area contributed by atoms with Crippen molar-refractivity contribution in [1.82, 2.24) is 4.57 Å². The Bertz CT molecular complexity index is 1190. The zero-order valence-electron chi connectivity index (χ0n) is 16.0. The van der Waals surface area contributed by atoms with Crippen LogP contribution in [0.4, 0.5) is 11.4 Å². The highest BCUT2D eigenvalue weighted by Crippen LogP contribution is 2.25. The molecule has 1 amide bonds. The Morgan fingerprint density at radius 1 is 1.14 bits per heavy atom. The van der Waals surface area contributed by atoms with Gasteiger partial charge in [-0.15, -0.1) is 0 Å². The predicted molar refractivity (Wildman–Crippen MR) is 114 cm³/mol. The van der Waals surface area contributed by atoms with Gasteiger partial charge in [-0.2, -0.15) is 0 Å². The molecule has 0 spiro atoms. The SMILES string of the molecule is CC(C)n1c(=O)sc2cc(NC(=O)c3ccc(N(C)S(C)(=O)=O)cc3)ccc21. The number of fused-ring (bicyclic) bond motifs is 1. The Labute approximate surface area is 167 Å². The molecule has 1 N–H and O–H groups in total. The van der Waals surface area contributed by atoms with Crippen molar-refractivity contribution in [2.75, 3.05) is 22.9 Å². The molecule has 0 bridgehead atoms. The first kappa shape index (κ1) is 20.1. The van der Waals surface area contributed by atoms with Crippen molar-refractivity contribution in [2.24, 2.45) is 0 Å². The summed E-state index contributed by atoms with van der Waals surface area (Å²) in [4.78, 5) is 24.6. The minimum Gasteiger partial charge on any atom is -0.322 e. The van der Waals surface area contributed by atoms with E-state index in [-0.39, 0.29) is 16.8 Å². The highest BCUT2D eigenvalue weighted by atomic mass is 32.2. The minimum atomic E-state index is -3.36. The van der Waals surface area contributed by atoms with Gasteiger partial charge in [0.2, 0.25) is 10.0 Å². The lowest BCUT2D eigenvalue weighted by atomic mass is 10.2. The van der Waals surface area contributed by atoms with E-state index in [1.807, 2.05) is 19.9 Å². The smallest absolute Gasteiger partial charge is 0.308 e. The zero-order valence-corrected chi connectivity index (χ0v) is 17.6. The van der Waals surface area contributed by atoms with Crippen molar-refractivity contribution in [3.8, 4) is 0 Å². The maximum atomic E-state index is 12.5. The van der Waals surface area contributed by atoms with Crippen LogP contribution in [0, 0.1) is 0 Å². The largest absolute Gasteiger partial charge is 0.322 e. The Morgan fingerprint density at radius 2 is 1.79 bits per heavy atom. The van der Waals surface area contributed by atoms with E-state index in [1.165, 1.54) is 7.05 Å². The molecular weight excluding hydrogens is 398 g/mol. The summed E-state index contributed by atoms with van der Waals surface area (Å²) >= 11 is 1.15. The van der Waals surface area contributed by atoms with Gasteiger partial charge in [0.25, 0.3) is 5.91 Å². The number of hydrogen-bond acceptors (Lipinski definition) is 5. The summed E-state index contributed by atoms with van der Waals surface area (Å²) in [6.45, 7) is 3.90. The molecule has 2 aromatic carbocycles. The second-order valence-corrected chi connectivity index (χ2v) is 9.75. The van der Waals surface area contributed by atoms with Gasteiger partial charge in [-0.1, -0.05) is 11.3 Å². The van der Waals surface area contributed by atoms with E-state index in [1.54, 1.807) is 41.0 Å². The molecule has 7 nitrogen and oxygen atoms in total. The van der Waals surface area contributed by atoms with Crippen LogP contribution >= 0.6 is 11.3 Å². The van der Waals surface area contributed by atoms with Gasteiger partial charge in [-0.05, 0) is 56.3 Å². The summed E-state index contributed by atoms with van der Waals surface area (Å²) < 4.78 is 26.9. The maximum absolute atomic E-state index is 12.5. The third-order valence-corrected chi connectivity index (χ3v) is 6.50. The van der Waals surface area contributed by atoms with E-state index in [4.69, 9.17) is 0 Å². The van der Waals surface area contributed by atoms with Crippen molar-refractivity contribution in [2.45, 2.75) is 19.9 Å². The zero-order chi connectivity index (χ0) is 20.6. The number of nitrogens with one attached hydrogen (secondary N) is 1. The quantitative estimate of drug-likeness (QED) is 0.687. The van der Waals surface area contributed by atoms with Gasteiger partial charge in [-0.25, -0.2) is 8.42 Å². The van der Waals surface area contributed by atoms with E-state index in [0.717, 1.165) is 32.1 Å². The van der Waals surface area contributed by atoms with Crippen molar-refractivity contribution in [1.29, 1.82) is 0 Å². The number of thiazole rings is 1. The molecule has 9 heteroatoms. The lowest BCUT2D eigenvalue weighted by Gasteiger charge is -2.16. The molecule has 0 saturated heterocycles. The van der Waals surface area contributed by atoms with Crippen molar-refractivity contribution in [3.05, 3.63) is 57.7 Å². The number of aromatic nitrogens is 1. The normalized spacial score (nSPS) is 11.8. The van der Waals surface area contributed by atoms with Crippen LogP contribution in [-0.2, 0) is 10.0 Å². The van der Waals surface area contributed by atoms with Gasteiger partial charge >= 0.3 is 4.87 Å². The molecule has 3 aromatic rings. The Morgan fingerprint density at radius 3 is 2.36 bits per heavy atom. The summed E-state index contributed by atoms with van der Waals surface area (Å²) in [6, 6.07) is 11.7. The topological polar surface area (TPSA) is 88.5 Å². The average molecular weight is 420 g/mol. The van der Waals surface area contributed by atoms with E-state index in [0.29, 0.717) is 16.9 Å². The molecule has 3 rings (SSSR count). The molecule has 28 heavy (non-hydrogen) atoms. The van der Waals surface area contributed by atoms with E-state index >= 15 is 0 Å². The predicted octanol–water partition coefficient (Wildman–Crippen LogP) is 3.29. The number of carbonyl (C=O) groups is 1. The van der Waals surface area contributed by atoms with Crippen molar-refractivity contribution >= 4 is 48.9 Å². The summed E-state index contributed by atoms with van der Waals surface area (Å²) in [7, 11) is -1.91. The second kappa shape index (κ2) is 7.40. The van der Waals surface area contributed by atoms with Gasteiger partial charge in [0.05, 0.1) is 22.2 Å². The Hall–Kier alpha value is -2.65. The number of sulfonamides is 1. The molecule has 0 atom stereocenters. The Kier molecular flexibility index (Phi) is 5.31. The molecule has 1 aromatic heterocycles. The van der Waals surface area contributed by atoms with Crippen LogP contribution in [-0.4, -0.2) is 32.2 Å². The summed E-state index contributed by atoms with van der Waals surface area (Å²) in [6.07, 6.45) is 1.12. The molecule has 0 aliphatic carbocycles. The number of hydrogen-bond donors (Lipinski definition) is 1. The molecule has 148 valence electrons. The third kappa shape index (κ3) is 3.95. The van der Waals surface area contributed by atoms with Gasteiger partial charge in [0, 0.05) is 24.3 Å². The lowest BCUT2D eigenvalue weighted by molar-refractivity contribution is 0.102. The van der Waals surface area contributed by atoms with Crippen LogP contribution in [0.15, 0.2) is 47.3 Å². The van der Waals surface area contributed by atoms with Crippen LogP contribution in [0.2, 0.25) is 0 Å². The first-order chi connectivity index (χ1) is 13.1. The maximum Gasteiger partial charge on any atom is 0.308 e. The number of amides is 1. The number of carbonyl (C=O) groups excluding carboxylic acids is 1. The summed E-state index contributed by atoms with van der Waals surface area (Å²) in [5.41, 5.74) is 2.31. The third-order valence-electron chi connectivity index (χ3n) is 4.38. The summed E-state index contributed by atoms with van der Waals surface area (Å²) in [5.74, 6) is -0.316. The van der Waals surface area contributed by atoms with Crippen LogP contribution in [0.3, 0.4) is 0 Å². The number of rotatable bonds is 5. The molecule has 1 heterocycles. The van der Waals surface area contributed by atoms with E-state index in [2.05, 4.69) is 5.32 Å². The number of anilines is 2. The fourth-order valence-corrected chi connectivity index (χ4v) is 4.38. The second-order valence-electron chi connectivity index (χ2n) is 6.75. The number of nitrogens with zero attached hydrogens (tertiary/aromatic N) is 2. The van der Waals surface area contributed by atoms with E-state index < -0.39 is 10.0 Å². The molecule has 0 saturated carbocycles. The van der Waals surface area contributed by atoms with Gasteiger partial charge in [0.15, 0.2) is 0 Å². The van der Waals surface area contributed by atoms with Gasteiger partial charge in [-0.3, -0.25) is 18.5 Å². The minimum absolute atomic E-state index is 0.0286. The van der Waals surface area contributed by atoms with Crippen molar-refractivity contribution < 1.29 is 13.2 Å². The van der Waals surface area contributed by atoms with Gasteiger partial charge in [0.1, 0.15) is 0 Å². The molecule has 0 aliphatic heterocycles. The summed E-state index contributed by atoms with van der Waals surface area (Å²) in [5, 5.41) is 2.81. The highest BCUT2D eigenvalue weighted by molar-refractivity contribution is 7.92. The van der Waals surface area contributed by atoms with Crippen LogP contribution in [0.25, 0.3) is 10.2 Å².